The summed E-state index contributed by atoms with van der Waals surface area (Å²) in [5.74, 6) is 1.03. The summed E-state index contributed by atoms with van der Waals surface area (Å²) in [6.07, 6.45) is 0. The molecule has 4 heteroatoms. The Morgan fingerprint density at radius 1 is 0.889 bits per heavy atom. The molecule has 3 rings (SSSR count). The number of hydrogen-bond acceptors (Lipinski definition) is 3. The standard InChI is InChI=1S/C23H24FNO2/c1-16-7-8-17(2)21(11-16)25-14-18-9-10-22(23(13-18)26-3)27-15-19-5-4-6-20(24)12-19/h4-13,25H,14-15H2,1-3H3. The van der Waals surface area contributed by atoms with Crippen LogP contribution in [-0.2, 0) is 13.2 Å². The lowest BCUT2D eigenvalue weighted by molar-refractivity contribution is 0.284. The maximum absolute atomic E-state index is 13.3. The highest BCUT2D eigenvalue weighted by Gasteiger charge is 2.07. The summed E-state index contributed by atoms with van der Waals surface area (Å²) in [6.45, 7) is 5.14. The molecule has 0 amide bonds. The first-order chi connectivity index (χ1) is 13.0. The van der Waals surface area contributed by atoms with Gasteiger partial charge in [-0.2, -0.15) is 0 Å². The molecule has 1 N–H and O–H groups in total. The van der Waals surface area contributed by atoms with Gasteiger partial charge in [0.1, 0.15) is 12.4 Å². The minimum absolute atomic E-state index is 0.268. The van der Waals surface area contributed by atoms with E-state index < -0.39 is 0 Å². The number of ether oxygens (including phenoxy) is 2. The first-order valence-corrected chi connectivity index (χ1v) is 8.90. The average molecular weight is 365 g/mol. The van der Waals surface area contributed by atoms with Crippen LogP contribution in [0.4, 0.5) is 10.1 Å². The van der Waals surface area contributed by atoms with E-state index in [4.69, 9.17) is 9.47 Å². The van der Waals surface area contributed by atoms with Gasteiger partial charge in [0.15, 0.2) is 11.5 Å². The van der Waals surface area contributed by atoms with E-state index in [1.807, 2.05) is 24.3 Å². The Kier molecular flexibility index (Phi) is 5.97. The Balaban J connectivity index is 1.67. The highest BCUT2D eigenvalue weighted by atomic mass is 19.1. The first-order valence-electron chi connectivity index (χ1n) is 8.90. The van der Waals surface area contributed by atoms with Crippen LogP contribution in [0, 0.1) is 19.7 Å². The van der Waals surface area contributed by atoms with Gasteiger partial charge in [0.2, 0.25) is 0 Å². The number of halogens is 1. The molecule has 0 aliphatic carbocycles. The lowest BCUT2D eigenvalue weighted by Gasteiger charge is -2.14. The fourth-order valence-corrected chi connectivity index (χ4v) is 2.85. The molecule has 27 heavy (non-hydrogen) atoms. The summed E-state index contributed by atoms with van der Waals surface area (Å²) in [5.41, 5.74) is 5.42. The summed E-state index contributed by atoms with van der Waals surface area (Å²) in [7, 11) is 1.62. The Hall–Kier alpha value is -3.01. The highest BCUT2D eigenvalue weighted by molar-refractivity contribution is 5.53. The van der Waals surface area contributed by atoms with Crippen LogP contribution in [0.2, 0.25) is 0 Å². The molecule has 3 aromatic carbocycles. The molecule has 0 saturated heterocycles. The minimum atomic E-state index is -0.268. The summed E-state index contributed by atoms with van der Waals surface area (Å²) >= 11 is 0. The van der Waals surface area contributed by atoms with E-state index in [9.17, 15) is 4.39 Å². The van der Waals surface area contributed by atoms with Gasteiger partial charge in [-0.3, -0.25) is 0 Å². The third kappa shape index (κ3) is 5.00. The molecule has 0 fully saturated rings. The smallest absolute Gasteiger partial charge is 0.161 e. The van der Waals surface area contributed by atoms with Crippen molar-refractivity contribution in [2.75, 3.05) is 12.4 Å². The minimum Gasteiger partial charge on any atom is -0.493 e. The molecule has 0 saturated carbocycles. The number of anilines is 1. The largest absolute Gasteiger partial charge is 0.493 e. The van der Waals surface area contributed by atoms with Crippen LogP contribution in [0.15, 0.2) is 60.7 Å². The quantitative estimate of drug-likeness (QED) is 0.587. The second-order valence-electron chi connectivity index (χ2n) is 6.58. The SMILES string of the molecule is COc1cc(CNc2cc(C)ccc2C)ccc1OCc1cccc(F)c1. The van der Waals surface area contributed by atoms with Gasteiger partial charge in [0, 0.05) is 12.2 Å². The number of nitrogens with one attached hydrogen (secondary N) is 1. The van der Waals surface area contributed by atoms with Crippen LogP contribution >= 0.6 is 0 Å². The molecule has 0 radical (unpaired) electrons. The van der Waals surface area contributed by atoms with Crippen LogP contribution in [-0.4, -0.2) is 7.11 Å². The first kappa shape index (κ1) is 18.8. The maximum atomic E-state index is 13.3. The molecule has 3 aromatic rings. The third-order valence-corrected chi connectivity index (χ3v) is 4.39. The zero-order valence-electron chi connectivity index (χ0n) is 15.9. The van der Waals surface area contributed by atoms with Crippen molar-refractivity contribution in [3.8, 4) is 11.5 Å². The number of aryl methyl sites for hydroxylation is 2. The fourth-order valence-electron chi connectivity index (χ4n) is 2.85. The maximum Gasteiger partial charge on any atom is 0.161 e. The molecular weight excluding hydrogens is 341 g/mol. The molecule has 3 nitrogen and oxygen atoms in total. The van der Waals surface area contributed by atoms with Gasteiger partial charge >= 0.3 is 0 Å². The normalized spacial score (nSPS) is 10.5. The Morgan fingerprint density at radius 3 is 2.52 bits per heavy atom. The van der Waals surface area contributed by atoms with Gasteiger partial charge in [-0.1, -0.05) is 30.3 Å². The van der Waals surface area contributed by atoms with E-state index in [0.717, 1.165) is 16.8 Å². The van der Waals surface area contributed by atoms with Crippen molar-refractivity contribution >= 4 is 5.69 Å². The number of benzene rings is 3. The van der Waals surface area contributed by atoms with Crippen LogP contribution in [0.3, 0.4) is 0 Å². The molecule has 140 valence electrons. The van der Waals surface area contributed by atoms with E-state index >= 15 is 0 Å². The van der Waals surface area contributed by atoms with E-state index in [1.165, 1.54) is 23.3 Å². The number of rotatable bonds is 7. The molecule has 0 aromatic heterocycles. The molecule has 0 atom stereocenters. The molecular formula is C23H24FNO2. The molecule has 0 spiro atoms. The predicted molar refractivity (Wildman–Crippen MR) is 107 cm³/mol. The van der Waals surface area contributed by atoms with Crippen LogP contribution in [0.25, 0.3) is 0 Å². The molecule has 0 aliphatic rings. The summed E-state index contributed by atoms with van der Waals surface area (Å²) in [4.78, 5) is 0. The second kappa shape index (κ2) is 8.58. The van der Waals surface area contributed by atoms with E-state index in [-0.39, 0.29) is 12.4 Å². The summed E-state index contributed by atoms with van der Waals surface area (Å²) < 4.78 is 24.6. The number of hydrogen-bond donors (Lipinski definition) is 1. The van der Waals surface area contributed by atoms with Gasteiger partial charge < -0.3 is 14.8 Å². The Morgan fingerprint density at radius 2 is 1.74 bits per heavy atom. The van der Waals surface area contributed by atoms with Crippen molar-refractivity contribution in [2.45, 2.75) is 27.0 Å². The van der Waals surface area contributed by atoms with E-state index in [0.29, 0.717) is 18.0 Å². The summed E-state index contributed by atoms with van der Waals surface area (Å²) in [6, 6.07) is 18.6. The zero-order valence-corrected chi connectivity index (χ0v) is 15.9. The lowest BCUT2D eigenvalue weighted by atomic mass is 10.1. The highest BCUT2D eigenvalue weighted by Crippen LogP contribution is 2.29. The number of methoxy groups -OCH3 is 1. The third-order valence-electron chi connectivity index (χ3n) is 4.39. The zero-order chi connectivity index (χ0) is 19.2. The molecule has 0 unspecified atom stereocenters. The van der Waals surface area contributed by atoms with E-state index in [1.54, 1.807) is 13.2 Å². The van der Waals surface area contributed by atoms with Crippen molar-refractivity contribution < 1.29 is 13.9 Å². The Bertz CT molecular complexity index is 924. The summed E-state index contributed by atoms with van der Waals surface area (Å²) in [5, 5.41) is 3.47. The topological polar surface area (TPSA) is 30.5 Å². The van der Waals surface area contributed by atoms with Crippen molar-refractivity contribution in [2.24, 2.45) is 0 Å². The van der Waals surface area contributed by atoms with Crippen molar-refractivity contribution in [1.82, 2.24) is 0 Å². The van der Waals surface area contributed by atoms with Crippen LogP contribution in [0.1, 0.15) is 22.3 Å². The molecule has 0 bridgehead atoms. The predicted octanol–water partition coefficient (Wildman–Crippen LogP) is 5.64. The van der Waals surface area contributed by atoms with Gasteiger partial charge in [0.25, 0.3) is 0 Å². The van der Waals surface area contributed by atoms with Gasteiger partial charge in [-0.25, -0.2) is 4.39 Å². The van der Waals surface area contributed by atoms with Crippen LogP contribution in [0.5, 0.6) is 11.5 Å². The second-order valence-corrected chi connectivity index (χ2v) is 6.58. The Labute approximate surface area is 159 Å². The van der Waals surface area contributed by atoms with Gasteiger partial charge in [-0.15, -0.1) is 0 Å². The van der Waals surface area contributed by atoms with Gasteiger partial charge in [-0.05, 0) is 66.4 Å². The fraction of sp³-hybridized carbons (Fsp3) is 0.217. The monoisotopic (exact) mass is 365 g/mol. The van der Waals surface area contributed by atoms with Crippen molar-refractivity contribution in [3.63, 3.8) is 0 Å². The molecule has 0 aliphatic heterocycles. The lowest BCUT2D eigenvalue weighted by Crippen LogP contribution is -2.03. The van der Waals surface area contributed by atoms with Crippen molar-refractivity contribution in [3.05, 3.63) is 88.7 Å². The van der Waals surface area contributed by atoms with Crippen LogP contribution < -0.4 is 14.8 Å². The van der Waals surface area contributed by atoms with Crippen molar-refractivity contribution in [1.29, 1.82) is 0 Å². The molecule has 0 heterocycles. The average Bonchev–Trinajstić information content (AvgIpc) is 2.67. The van der Waals surface area contributed by atoms with E-state index in [2.05, 4.69) is 37.4 Å². The van der Waals surface area contributed by atoms with Gasteiger partial charge in [0.05, 0.1) is 7.11 Å².